The first-order valence-electron chi connectivity index (χ1n) is 9.24. The third kappa shape index (κ3) is 5.69. The molecule has 1 aliphatic carbocycles. The van der Waals surface area contributed by atoms with Crippen LogP contribution in [0.25, 0.3) is 0 Å². The van der Waals surface area contributed by atoms with Crippen LogP contribution < -0.4 is 15.5 Å². The average Bonchev–Trinajstić information content (AvgIpc) is 2.64. The normalized spacial score (nSPS) is 22.0. The highest BCUT2D eigenvalue weighted by Crippen LogP contribution is 2.23. The van der Waals surface area contributed by atoms with E-state index in [-0.39, 0.29) is 17.1 Å². The minimum absolute atomic E-state index is 0.227. The van der Waals surface area contributed by atoms with E-state index in [1.54, 1.807) is 24.1 Å². The van der Waals surface area contributed by atoms with Gasteiger partial charge in [0.05, 0.1) is 5.69 Å². The Balaban J connectivity index is 1.90. The fourth-order valence-corrected chi connectivity index (χ4v) is 4.70. The predicted molar refractivity (Wildman–Crippen MR) is 109 cm³/mol. The molecule has 0 aliphatic heterocycles. The number of aliphatic imine (C=N–C) groups is 1. The van der Waals surface area contributed by atoms with Crippen molar-refractivity contribution in [3.8, 4) is 0 Å². The van der Waals surface area contributed by atoms with Crippen LogP contribution >= 0.6 is 0 Å². The van der Waals surface area contributed by atoms with Crippen molar-refractivity contribution >= 4 is 22.4 Å². The lowest BCUT2D eigenvalue weighted by Gasteiger charge is -2.30. The van der Waals surface area contributed by atoms with Crippen molar-refractivity contribution in [2.75, 3.05) is 31.8 Å². The Morgan fingerprint density at radius 2 is 2.15 bits per heavy atom. The lowest BCUT2D eigenvalue weighted by atomic mass is 9.95. The van der Waals surface area contributed by atoms with Crippen molar-refractivity contribution in [1.82, 2.24) is 10.6 Å². The van der Waals surface area contributed by atoms with E-state index in [1.165, 1.54) is 0 Å². The Bertz CT molecular complexity index is 650. The Labute approximate surface area is 158 Å². The number of nitrogens with zero attached hydrogens (tertiary/aromatic N) is 2. The van der Waals surface area contributed by atoms with E-state index in [0.717, 1.165) is 37.0 Å². The minimum atomic E-state index is -0.739. The van der Waals surface area contributed by atoms with Gasteiger partial charge >= 0.3 is 0 Å². The van der Waals surface area contributed by atoms with Gasteiger partial charge in [0.15, 0.2) is 5.96 Å². The third-order valence-corrected chi connectivity index (χ3v) is 6.54. The number of halogens is 1. The molecular weight excluding hydrogens is 351 g/mol. The zero-order valence-corrected chi connectivity index (χ0v) is 17.0. The molecule has 0 aromatic heterocycles. The van der Waals surface area contributed by atoms with Crippen LogP contribution in [-0.2, 0) is 17.3 Å². The quantitative estimate of drug-likeness (QED) is 0.587. The van der Waals surface area contributed by atoms with Crippen molar-refractivity contribution in [3.63, 3.8) is 0 Å². The van der Waals surface area contributed by atoms with Crippen LogP contribution in [0.4, 0.5) is 10.1 Å². The first-order valence-corrected chi connectivity index (χ1v) is 10.6. The third-order valence-electron chi connectivity index (χ3n) is 4.80. The van der Waals surface area contributed by atoms with Crippen LogP contribution in [0, 0.1) is 5.82 Å². The van der Waals surface area contributed by atoms with Gasteiger partial charge in [-0.25, -0.2) is 4.39 Å². The lowest BCUT2D eigenvalue weighted by molar-refractivity contribution is 0.413. The Morgan fingerprint density at radius 3 is 2.77 bits per heavy atom. The molecule has 3 atom stereocenters. The molecule has 1 fully saturated rings. The highest BCUT2D eigenvalue weighted by atomic mass is 32.2. The maximum Gasteiger partial charge on any atom is 0.191 e. The molecule has 0 saturated heterocycles. The standard InChI is InChI=1S/C19H31FN4OS/c1-5-26(25)16-8-6-7-15(12-16)23-19(21-2)22-13-14-9-10-18(24(3)4)17(20)11-14/h9-11,15-16H,5-8,12-13H2,1-4H3,(H2,21,22,23). The van der Waals surface area contributed by atoms with Crippen molar-refractivity contribution in [2.24, 2.45) is 4.99 Å². The van der Waals surface area contributed by atoms with E-state index < -0.39 is 10.8 Å². The molecule has 1 aromatic rings. The van der Waals surface area contributed by atoms with E-state index >= 15 is 0 Å². The number of nitrogens with one attached hydrogen (secondary N) is 2. The van der Waals surface area contributed by atoms with Crippen LogP contribution in [0.5, 0.6) is 0 Å². The van der Waals surface area contributed by atoms with Gasteiger partial charge in [0.1, 0.15) is 5.82 Å². The first-order chi connectivity index (χ1) is 12.4. The molecule has 0 amide bonds. The molecule has 0 heterocycles. The second kappa shape index (κ2) is 9.90. The number of hydrogen-bond acceptors (Lipinski definition) is 3. The number of benzene rings is 1. The summed E-state index contributed by atoms with van der Waals surface area (Å²) in [6.07, 6.45) is 4.10. The Morgan fingerprint density at radius 1 is 1.38 bits per heavy atom. The Hall–Kier alpha value is -1.63. The van der Waals surface area contributed by atoms with Crippen molar-refractivity contribution in [1.29, 1.82) is 0 Å². The van der Waals surface area contributed by atoms with Gasteiger partial charge in [-0.1, -0.05) is 19.4 Å². The van der Waals surface area contributed by atoms with Crippen LogP contribution in [0.1, 0.15) is 38.2 Å². The average molecular weight is 383 g/mol. The topological polar surface area (TPSA) is 56.7 Å². The summed E-state index contributed by atoms with van der Waals surface area (Å²) in [5, 5.41) is 6.96. The molecule has 1 aliphatic rings. The molecule has 2 rings (SSSR count). The summed E-state index contributed by atoms with van der Waals surface area (Å²) >= 11 is 0. The summed E-state index contributed by atoms with van der Waals surface area (Å²) in [4.78, 5) is 6.03. The van der Waals surface area contributed by atoms with E-state index in [9.17, 15) is 8.60 Å². The second-order valence-corrected chi connectivity index (χ2v) is 8.91. The van der Waals surface area contributed by atoms with Crippen molar-refractivity contribution < 1.29 is 8.60 Å². The lowest BCUT2D eigenvalue weighted by Crippen LogP contribution is -2.46. The molecule has 1 saturated carbocycles. The molecule has 1 aromatic carbocycles. The maximum atomic E-state index is 14.1. The summed E-state index contributed by atoms with van der Waals surface area (Å²) < 4.78 is 26.2. The van der Waals surface area contributed by atoms with Gasteiger partial charge < -0.3 is 15.5 Å². The molecule has 0 radical (unpaired) electrons. The van der Waals surface area contributed by atoms with Gasteiger partial charge in [0.2, 0.25) is 0 Å². The molecule has 0 bridgehead atoms. The summed E-state index contributed by atoms with van der Waals surface area (Å²) in [5.41, 5.74) is 1.44. The van der Waals surface area contributed by atoms with Gasteiger partial charge in [-0.3, -0.25) is 9.20 Å². The molecule has 0 spiro atoms. The summed E-state index contributed by atoms with van der Waals surface area (Å²) in [5.74, 6) is 1.20. The zero-order valence-electron chi connectivity index (χ0n) is 16.2. The first kappa shape index (κ1) is 20.7. The molecule has 5 nitrogen and oxygen atoms in total. The molecule has 2 N–H and O–H groups in total. The molecule has 26 heavy (non-hydrogen) atoms. The van der Waals surface area contributed by atoms with Gasteiger partial charge in [-0.2, -0.15) is 0 Å². The number of hydrogen-bond donors (Lipinski definition) is 2. The van der Waals surface area contributed by atoms with Crippen LogP contribution in [0.15, 0.2) is 23.2 Å². The predicted octanol–water partition coefficient (Wildman–Crippen LogP) is 2.64. The smallest absolute Gasteiger partial charge is 0.191 e. The van der Waals surface area contributed by atoms with Gasteiger partial charge in [0, 0.05) is 55.5 Å². The van der Waals surface area contributed by atoms with Crippen LogP contribution in [-0.4, -0.2) is 48.4 Å². The highest BCUT2D eigenvalue weighted by Gasteiger charge is 2.26. The summed E-state index contributed by atoms with van der Waals surface area (Å²) in [6.45, 7) is 2.48. The fraction of sp³-hybridized carbons (Fsp3) is 0.632. The monoisotopic (exact) mass is 382 g/mol. The largest absolute Gasteiger partial charge is 0.375 e. The van der Waals surface area contributed by atoms with Crippen molar-refractivity contribution in [3.05, 3.63) is 29.6 Å². The summed E-state index contributed by atoms with van der Waals surface area (Å²) in [7, 11) is 4.64. The van der Waals surface area contributed by atoms with Crippen LogP contribution in [0.3, 0.4) is 0 Å². The fourth-order valence-electron chi connectivity index (χ4n) is 3.35. The minimum Gasteiger partial charge on any atom is -0.375 e. The van der Waals surface area contributed by atoms with E-state index in [2.05, 4.69) is 15.6 Å². The SMILES string of the molecule is CCS(=O)C1CCCC(NC(=NC)NCc2ccc(N(C)C)c(F)c2)C1. The van der Waals surface area contributed by atoms with E-state index in [1.807, 2.05) is 27.1 Å². The van der Waals surface area contributed by atoms with Gasteiger partial charge in [0.25, 0.3) is 0 Å². The second-order valence-electron chi connectivity index (χ2n) is 6.91. The maximum absolute atomic E-state index is 14.1. The van der Waals surface area contributed by atoms with Crippen LogP contribution in [0.2, 0.25) is 0 Å². The zero-order chi connectivity index (χ0) is 19.1. The molecule has 3 unspecified atom stereocenters. The molecule has 146 valence electrons. The van der Waals surface area contributed by atoms with Gasteiger partial charge in [-0.15, -0.1) is 0 Å². The highest BCUT2D eigenvalue weighted by molar-refractivity contribution is 7.85. The van der Waals surface area contributed by atoms with E-state index in [4.69, 9.17) is 0 Å². The number of guanidine groups is 1. The Kier molecular flexibility index (Phi) is 7.87. The summed E-state index contributed by atoms with van der Waals surface area (Å²) in [6, 6.07) is 5.54. The van der Waals surface area contributed by atoms with Gasteiger partial charge in [-0.05, 0) is 37.0 Å². The number of rotatable bonds is 6. The molecule has 7 heteroatoms. The number of anilines is 1. The van der Waals surface area contributed by atoms with Crippen molar-refractivity contribution in [2.45, 2.75) is 50.4 Å². The van der Waals surface area contributed by atoms with E-state index in [0.29, 0.717) is 18.2 Å². The molecular formula is C19H31FN4OS.